The van der Waals surface area contributed by atoms with Crippen LogP contribution in [0.15, 0.2) is 59.0 Å². The third-order valence-corrected chi connectivity index (χ3v) is 4.50. The molecule has 1 aliphatic rings. The third-order valence-electron chi connectivity index (χ3n) is 4.50. The van der Waals surface area contributed by atoms with Gasteiger partial charge in [0, 0.05) is 13.2 Å². The fourth-order valence-corrected chi connectivity index (χ4v) is 3.09. The maximum atomic E-state index is 12.1. The van der Waals surface area contributed by atoms with E-state index < -0.39 is 0 Å². The molecule has 1 N–H and O–H groups in total. The summed E-state index contributed by atoms with van der Waals surface area (Å²) in [6.07, 6.45) is 2.16. The van der Waals surface area contributed by atoms with E-state index in [-0.39, 0.29) is 18.6 Å². The van der Waals surface area contributed by atoms with Crippen LogP contribution in [0.25, 0.3) is 10.8 Å². The molecule has 1 fully saturated rings. The van der Waals surface area contributed by atoms with Crippen LogP contribution in [-0.4, -0.2) is 25.2 Å². The lowest BCUT2D eigenvalue weighted by molar-refractivity contribution is 0.0832. The second-order valence-electron chi connectivity index (χ2n) is 6.41. The number of fused-ring (bicyclic) bond motifs is 1. The van der Waals surface area contributed by atoms with Crippen LogP contribution in [0.5, 0.6) is 5.75 Å². The summed E-state index contributed by atoms with van der Waals surface area (Å²) in [6.45, 7) is 1.57. The minimum absolute atomic E-state index is 0.115. The smallest absolute Gasteiger partial charge is 0.287 e. The van der Waals surface area contributed by atoms with Gasteiger partial charge in [0.1, 0.15) is 18.1 Å². The van der Waals surface area contributed by atoms with E-state index in [1.807, 2.05) is 36.4 Å². The lowest BCUT2D eigenvalue weighted by atomic mass is 10.1. The minimum Gasteiger partial charge on any atom is -0.486 e. The summed E-state index contributed by atoms with van der Waals surface area (Å²) in [5.41, 5.74) is 0. The van der Waals surface area contributed by atoms with Gasteiger partial charge in [-0.05, 0) is 47.9 Å². The molecule has 0 radical (unpaired) electrons. The fraction of sp³-hybridized carbons (Fsp3) is 0.286. The summed E-state index contributed by atoms with van der Waals surface area (Å²) in [7, 11) is 0. The predicted molar refractivity (Wildman–Crippen MR) is 98.3 cm³/mol. The highest BCUT2D eigenvalue weighted by Gasteiger charge is 2.18. The highest BCUT2D eigenvalue weighted by Crippen LogP contribution is 2.21. The third kappa shape index (κ3) is 3.89. The van der Waals surface area contributed by atoms with Gasteiger partial charge in [0.05, 0.1) is 6.10 Å². The Labute approximate surface area is 151 Å². The first kappa shape index (κ1) is 16.7. The van der Waals surface area contributed by atoms with Crippen LogP contribution >= 0.6 is 0 Å². The lowest BCUT2D eigenvalue weighted by Gasteiger charge is -2.09. The van der Waals surface area contributed by atoms with Crippen LogP contribution in [0.2, 0.25) is 0 Å². The normalized spacial score (nSPS) is 16.7. The summed E-state index contributed by atoms with van der Waals surface area (Å²) >= 11 is 0. The van der Waals surface area contributed by atoms with Gasteiger partial charge < -0.3 is 19.2 Å². The standard InChI is InChI=1S/C21H21NO4/c23-21(22-13-18-6-3-11-24-18)20-10-9-19(26-20)14-25-17-8-7-15-4-1-2-5-16(15)12-17/h1-2,4-5,7-10,12,18H,3,6,11,13-14H2,(H,22,23)/t18-/m1/s1. The van der Waals surface area contributed by atoms with Gasteiger partial charge in [-0.1, -0.05) is 30.3 Å². The number of ether oxygens (including phenoxy) is 2. The highest BCUT2D eigenvalue weighted by atomic mass is 16.5. The van der Waals surface area contributed by atoms with E-state index in [1.54, 1.807) is 12.1 Å². The monoisotopic (exact) mass is 351 g/mol. The van der Waals surface area contributed by atoms with Gasteiger partial charge in [-0.15, -0.1) is 0 Å². The molecule has 2 heterocycles. The van der Waals surface area contributed by atoms with Crippen LogP contribution in [0.4, 0.5) is 0 Å². The minimum atomic E-state index is -0.225. The Hall–Kier alpha value is -2.79. The molecule has 0 saturated carbocycles. The molecular weight excluding hydrogens is 330 g/mol. The Morgan fingerprint density at radius 2 is 2.00 bits per heavy atom. The van der Waals surface area contributed by atoms with E-state index in [2.05, 4.69) is 11.4 Å². The molecule has 0 bridgehead atoms. The van der Waals surface area contributed by atoms with Gasteiger partial charge in [0.2, 0.25) is 0 Å². The van der Waals surface area contributed by atoms with E-state index in [0.717, 1.165) is 30.6 Å². The van der Waals surface area contributed by atoms with E-state index >= 15 is 0 Å². The molecule has 1 aromatic heterocycles. The second kappa shape index (κ2) is 7.62. The van der Waals surface area contributed by atoms with Gasteiger partial charge in [0.15, 0.2) is 5.76 Å². The largest absolute Gasteiger partial charge is 0.486 e. The SMILES string of the molecule is O=C(NC[C@H]1CCCO1)c1ccc(COc2ccc3ccccc3c2)o1. The Bertz CT molecular complexity index is 896. The first-order chi connectivity index (χ1) is 12.8. The number of carbonyl (C=O) groups excluding carboxylic acids is 1. The topological polar surface area (TPSA) is 60.7 Å². The quantitative estimate of drug-likeness (QED) is 0.731. The van der Waals surface area contributed by atoms with E-state index in [4.69, 9.17) is 13.9 Å². The zero-order chi connectivity index (χ0) is 17.8. The van der Waals surface area contributed by atoms with Gasteiger partial charge >= 0.3 is 0 Å². The number of hydrogen-bond acceptors (Lipinski definition) is 4. The molecule has 1 atom stereocenters. The summed E-state index contributed by atoms with van der Waals surface area (Å²) in [4.78, 5) is 12.1. The molecule has 0 spiro atoms. The Balaban J connectivity index is 1.33. The van der Waals surface area contributed by atoms with Crippen LogP contribution < -0.4 is 10.1 Å². The zero-order valence-electron chi connectivity index (χ0n) is 14.4. The number of furan rings is 1. The predicted octanol–water partition coefficient (Wildman–Crippen LogP) is 3.92. The number of nitrogens with one attached hydrogen (secondary N) is 1. The van der Waals surface area contributed by atoms with Crippen molar-refractivity contribution >= 4 is 16.7 Å². The van der Waals surface area contributed by atoms with Gasteiger partial charge in [-0.2, -0.15) is 0 Å². The summed E-state index contributed by atoms with van der Waals surface area (Å²) in [6, 6.07) is 17.5. The Morgan fingerprint density at radius 1 is 1.12 bits per heavy atom. The van der Waals surface area contributed by atoms with Crippen molar-refractivity contribution < 1.29 is 18.7 Å². The first-order valence-corrected chi connectivity index (χ1v) is 8.88. The van der Waals surface area contributed by atoms with Crippen molar-refractivity contribution in [3.05, 3.63) is 66.1 Å². The maximum absolute atomic E-state index is 12.1. The molecule has 3 aromatic rings. The van der Waals surface area contributed by atoms with Gasteiger partial charge in [-0.3, -0.25) is 4.79 Å². The summed E-state index contributed by atoms with van der Waals surface area (Å²) in [5, 5.41) is 5.14. The van der Waals surface area contributed by atoms with Crippen molar-refractivity contribution in [3.8, 4) is 5.75 Å². The number of hydrogen-bond donors (Lipinski definition) is 1. The Kier molecular flexibility index (Phi) is 4.88. The highest BCUT2D eigenvalue weighted by molar-refractivity contribution is 5.91. The maximum Gasteiger partial charge on any atom is 0.287 e. The van der Waals surface area contributed by atoms with E-state index in [9.17, 15) is 4.79 Å². The molecule has 5 heteroatoms. The van der Waals surface area contributed by atoms with Crippen LogP contribution in [0.3, 0.4) is 0 Å². The van der Waals surface area contributed by atoms with Crippen molar-refractivity contribution in [2.24, 2.45) is 0 Å². The first-order valence-electron chi connectivity index (χ1n) is 8.88. The zero-order valence-corrected chi connectivity index (χ0v) is 14.4. The van der Waals surface area contributed by atoms with Crippen molar-refractivity contribution in [2.75, 3.05) is 13.2 Å². The molecule has 2 aromatic carbocycles. The second-order valence-corrected chi connectivity index (χ2v) is 6.41. The van der Waals surface area contributed by atoms with Gasteiger partial charge in [-0.25, -0.2) is 0 Å². The van der Waals surface area contributed by atoms with Crippen molar-refractivity contribution in [1.82, 2.24) is 5.32 Å². The fourth-order valence-electron chi connectivity index (χ4n) is 3.09. The molecule has 0 aliphatic carbocycles. The molecule has 1 amide bonds. The molecular formula is C21H21NO4. The molecule has 4 rings (SSSR count). The molecule has 1 saturated heterocycles. The molecule has 1 aliphatic heterocycles. The average molecular weight is 351 g/mol. The van der Waals surface area contributed by atoms with Crippen LogP contribution in [-0.2, 0) is 11.3 Å². The number of amides is 1. The molecule has 26 heavy (non-hydrogen) atoms. The van der Waals surface area contributed by atoms with Crippen LogP contribution in [0.1, 0.15) is 29.2 Å². The van der Waals surface area contributed by atoms with E-state index in [1.165, 1.54) is 5.39 Å². The van der Waals surface area contributed by atoms with Crippen molar-refractivity contribution in [3.63, 3.8) is 0 Å². The van der Waals surface area contributed by atoms with Gasteiger partial charge in [0.25, 0.3) is 5.91 Å². The number of benzene rings is 2. The number of carbonyl (C=O) groups is 1. The summed E-state index contributed by atoms with van der Waals surface area (Å²) < 4.78 is 16.9. The molecule has 0 unspecified atom stereocenters. The molecule has 134 valence electrons. The van der Waals surface area contributed by atoms with E-state index in [0.29, 0.717) is 18.1 Å². The van der Waals surface area contributed by atoms with Crippen molar-refractivity contribution in [2.45, 2.75) is 25.6 Å². The van der Waals surface area contributed by atoms with Crippen molar-refractivity contribution in [1.29, 1.82) is 0 Å². The Morgan fingerprint density at radius 3 is 2.85 bits per heavy atom. The molecule has 5 nitrogen and oxygen atoms in total. The average Bonchev–Trinajstić information content (AvgIpc) is 3.36. The van der Waals surface area contributed by atoms with Crippen LogP contribution in [0, 0.1) is 0 Å². The summed E-state index contributed by atoms with van der Waals surface area (Å²) in [5.74, 6) is 1.45. The number of rotatable bonds is 6. The lowest BCUT2D eigenvalue weighted by Crippen LogP contribution is -2.31.